The first-order chi connectivity index (χ1) is 14.4. The third kappa shape index (κ3) is 5.35. The Labute approximate surface area is 172 Å². The maximum Gasteiger partial charge on any atom is 0.269 e. The summed E-state index contributed by atoms with van der Waals surface area (Å²) in [5.41, 5.74) is 3.87. The number of benzene rings is 3. The quantitative estimate of drug-likeness (QED) is 0.311. The van der Waals surface area contributed by atoms with Crippen molar-refractivity contribution < 1.29 is 9.85 Å². The molecular weight excluding hydrogens is 384 g/mol. The van der Waals surface area contributed by atoms with Gasteiger partial charge in [-0.25, -0.2) is 0 Å². The molecule has 8 nitrogen and oxygen atoms in total. The van der Waals surface area contributed by atoms with Crippen molar-refractivity contribution in [3.05, 3.63) is 110 Å². The fraction of sp³-hybridized carbons (Fsp3) is 0.0455. The molecule has 0 fully saturated rings. The number of nitrogens with one attached hydrogen (secondary N) is 1. The molecule has 0 spiro atoms. The van der Waals surface area contributed by atoms with E-state index in [9.17, 15) is 20.2 Å². The van der Waals surface area contributed by atoms with Gasteiger partial charge in [-0.3, -0.25) is 25.2 Å². The third-order valence-electron chi connectivity index (χ3n) is 4.25. The van der Waals surface area contributed by atoms with Crippen molar-refractivity contribution in [1.29, 1.82) is 0 Å². The van der Waals surface area contributed by atoms with Crippen LogP contribution in [0, 0.1) is 27.2 Å². The number of aliphatic imine (C=N–C) groups is 1. The van der Waals surface area contributed by atoms with Crippen molar-refractivity contribution in [2.45, 2.75) is 6.92 Å². The van der Waals surface area contributed by atoms with E-state index in [0.717, 1.165) is 11.3 Å². The first-order valence-electron chi connectivity index (χ1n) is 9.00. The lowest BCUT2D eigenvalue weighted by atomic mass is 10.1. The number of hydrogen-bond acceptors (Lipinski definition) is 6. The summed E-state index contributed by atoms with van der Waals surface area (Å²) in [6.07, 6.45) is 3.36. The van der Waals surface area contributed by atoms with E-state index < -0.39 is 9.85 Å². The molecule has 0 aliphatic carbocycles. The van der Waals surface area contributed by atoms with Crippen molar-refractivity contribution in [1.82, 2.24) is 0 Å². The molecule has 1 N–H and O–H groups in total. The number of hydrogen-bond donors (Lipinski definition) is 1. The molecular formula is C22H18N4O4. The Bertz CT molecular complexity index is 1100. The number of rotatable bonds is 7. The van der Waals surface area contributed by atoms with Gasteiger partial charge in [-0.05, 0) is 55.0 Å². The average molecular weight is 402 g/mol. The lowest BCUT2D eigenvalue weighted by Gasteiger charge is -2.11. The van der Waals surface area contributed by atoms with Crippen LogP contribution in [0.1, 0.15) is 11.1 Å². The Morgan fingerprint density at radius 3 is 1.90 bits per heavy atom. The molecule has 30 heavy (non-hydrogen) atoms. The zero-order chi connectivity index (χ0) is 21.5. The molecule has 0 heterocycles. The van der Waals surface area contributed by atoms with Crippen LogP contribution in [0.2, 0.25) is 0 Å². The summed E-state index contributed by atoms with van der Waals surface area (Å²) >= 11 is 0. The van der Waals surface area contributed by atoms with Crippen molar-refractivity contribution in [3.8, 4) is 0 Å². The number of aryl methyl sites for hydroxylation is 1. The van der Waals surface area contributed by atoms with Crippen LogP contribution < -0.4 is 5.32 Å². The number of nitrogens with zero attached hydrogens (tertiary/aromatic N) is 3. The molecule has 3 rings (SSSR count). The van der Waals surface area contributed by atoms with Gasteiger partial charge in [0, 0.05) is 41.9 Å². The lowest BCUT2D eigenvalue weighted by Crippen LogP contribution is -2.00. The molecule has 0 unspecified atom stereocenters. The Kier molecular flexibility index (Phi) is 6.29. The topological polar surface area (TPSA) is 111 Å². The number of nitro benzene ring substituents is 2. The van der Waals surface area contributed by atoms with Gasteiger partial charge in [0.1, 0.15) is 0 Å². The van der Waals surface area contributed by atoms with Gasteiger partial charge in [0.15, 0.2) is 0 Å². The van der Waals surface area contributed by atoms with Crippen LogP contribution in [-0.4, -0.2) is 16.1 Å². The summed E-state index contributed by atoms with van der Waals surface area (Å²) in [7, 11) is 0. The van der Waals surface area contributed by atoms with Crippen molar-refractivity contribution >= 4 is 34.7 Å². The van der Waals surface area contributed by atoms with E-state index in [1.807, 2.05) is 31.2 Å². The van der Waals surface area contributed by atoms with Gasteiger partial charge in [0.05, 0.1) is 15.5 Å². The molecule has 0 aliphatic heterocycles. The van der Waals surface area contributed by atoms with Gasteiger partial charge in [-0.1, -0.05) is 17.7 Å². The monoisotopic (exact) mass is 402 g/mol. The fourth-order valence-electron chi connectivity index (χ4n) is 2.62. The molecule has 0 saturated heterocycles. The minimum atomic E-state index is -0.467. The Morgan fingerprint density at radius 2 is 1.37 bits per heavy atom. The summed E-state index contributed by atoms with van der Waals surface area (Å²) in [4.78, 5) is 25.2. The molecule has 150 valence electrons. The second-order valence-corrected chi connectivity index (χ2v) is 6.43. The maximum atomic E-state index is 10.9. The highest BCUT2D eigenvalue weighted by atomic mass is 16.6. The maximum absolute atomic E-state index is 10.9. The van der Waals surface area contributed by atoms with Gasteiger partial charge in [-0.15, -0.1) is 0 Å². The molecule has 0 saturated carbocycles. The normalized spacial score (nSPS) is 11.4. The van der Waals surface area contributed by atoms with E-state index in [1.165, 1.54) is 24.3 Å². The minimum absolute atomic E-state index is 0.0117. The van der Waals surface area contributed by atoms with Crippen molar-refractivity contribution in [2.75, 3.05) is 5.32 Å². The number of anilines is 1. The van der Waals surface area contributed by atoms with Gasteiger partial charge < -0.3 is 5.32 Å². The third-order valence-corrected chi connectivity index (χ3v) is 4.25. The van der Waals surface area contributed by atoms with Crippen LogP contribution in [0.5, 0.6) is 0 Å². The summed E-state index contributed by atoms with van der Waals surface area (Å²) in [5.74, 6) is 0. The SMILES string of the molecule is Cc1ccc(N=C/C=C(/Nc2ccc([N+](=O)[O-])cc2)c2ccc([N+](=O)[O-])cc2)cc1. The largest absolute Gasteiger partial charge is 0.355 e. The number of allylic oxidation sites excluding steroid dienone is 1. The molecule has 3 aromatic rings. The van der Waals surface area contributed by atoms with E-state index in [0.29, 0.717) is 16.9 Å². The minimum Gasteiger partial charge on any atom is -0.355 e. The summed E-state index contributed by atoms with van der Waals surface area (Å²) in [6, 6.07) is 19.8. The highest BCUT2D eigenvalue weighted by Crippen LogP contribution is 2.23. The van der Waals surface area contributed by atoms with Gasteiger partial charge in [0.2, 0.25) is 0 Å². The first kappa shape index (κ1) is 20.4. The van der Waals surface area contributed by atoms with Crippen molar-refractivity contribution in [2.24, 2.45) is 4.99 Å². The van der Waals surface area contributed by atoms with E-state index in [-0.39, 0.29) is 11.4 Å². The lowest BCUT2D eigenvalue weighted by molar-refractivity contribution is -0.385. The standard InChI is InChI=1S/C22H18N4O4/c1-16-2-6-18(7-3-16)23-15-14-22(17-4-10-20(11-5-17)25(27)28)24-19-8-12-21(13-9-19)26(29)30/h2-15,24H,1H3/b22-14+,23-15?. The van der Waals surface area contributed by atoms with Gasteiger partial charge >= 0.3 is 0 Å². The van der Waals surface area contributed by atoms with Gasteiger partial charge in [0.25, 0.3) is 11.4 Å². The fourth-order valence-corrected chi connectivity index (χ4v) is 2.62. The molecule has 0 radical (unpaired) electrons. The van der Waals surface area contributed by atoms with E-state index in [4.69, 9.17) is 0 Å². The molecule has 0 bridgehead atoms. The van der Waals surface area contributed by atoms with Crippen LogP contribution in [-0.2, 0) is 0 Å². The summed E-state index contributed by atoms with van der Waals surface area (Å²) in [5, 5.41) is 24.9. The molecule has 0 amide bonds. The second kappa shape index (κ2) is 9.24. The zero-order valence-electron chi connectivity index (χ0n) is 16.1. The summed E-state index contributed by atoms with van der Waals surface area (Å²) < 4.78 is 0. The average Bonchev–Trinajstić information content (AvgIpc) is 2.75. The second-order valence-electron chi connectivity index (χ2n) is 6.43. The Balaban J connectivity index is 1.89. The van der Waals surface area contributed by atoms with E-state index >= 15 is 0 Å². The Morgan fingerprint density at radius 1 is 0.833 bits per heavy atom. The van der Waals surface area contributed by atoms with Crippen LogP contribution in [0.15, 0.2) is 83.9 Å². The highest BCUT2D eigenvalue weighted by Gasteiger charge is 2.09. The Hall–Kier alpha value is -4.33. The summed E-state index contributed by atoms with van der Waals surface area (Å²) in [6.45, 7) is 1.99. The first-order valence-corrected chi connectivity index (χ1v) is 9.00. The molecule has 0 aromatic heterocycles. The van der Waals surface area contributed by atoms with E-state index in [1.54, 1.807) is 36.6 Å². The molecule has 0 atom stereocenters. The number of nitro groups is 2. The highest BCUT2D eigenvalue weighted by molar-refractivity contribution is 5.90. The van der Waals surface area contributed by atoms with Crippen LogP contribution >= 0.6 is 0 Å². The zero-order valence-corrected chi connectivity index (χ0v) is 16.1. The van der Waals surface area contributed by atoms with Gasteiger partial charge in [-0.2, -0.15) is 0 Å². The molecule has 0 aliphatic rings. The van der Waals surface area contributed by atoms with Crippen LogP contribution in [0.4, 0.5) is 22.7 Å². The van der Waals surface area contributed by atoms with E-state index in [2.05, 4.69) is 10.3 Å². The number of non-ortho nitro benzene ring substituents is 2. The smallest absolute Gasteiger partial charge is 0.269 e. The van der Waals surface area contributed by atoms with Crippen LogP contribution in [0.25, 0.3) is 5.70 Å². The van der Waals surface area contributed by atoms with Crippen LogP contribution in [0.3, 0.4) is 0 Å². The predicted molar refractivity (Wildman–Crippen MR) is 117 cm³/mol. The predicted octanol–water partition coefficient (Wildman–Crippen LogP) is 5.67. The molecule has 3 aromatic carbocycles. The molecule has 8 heteroatoms. The van der Waals surface area contributed by atoms with Crippen molar-refractivity contribution in [3.63, 3.8) is 0 Å².